The Morgan fingerprint density at radius 3 is 2.60 bits per heavy atom. The number of aryl methyl sites for hydroxylation is 2. The second-order valence-electron chi connectivity index (χ2n) is 7.52. The summed E-state index contributed by atoms with van der Waals surface area (Å²) < 4.78 is 44.0. The number of nitrogens with one attached hydrogen (secondary N) is 2. The maximum Gasteiger partial charge on any atom is 0.573 e. The number of carbonyl (C=O) groups is 2. The Morgan fingerprint density at radius 2 is 1.89 bits per heavy atom. The van der Waals surface area contributed by atoms with Gasteiger partial charge in [0.1, 0.15) is 5.75 Å². The van der Waals surface area contributed by atoms with Crippen molar-refractivity contribution in [2.75, 3.05) is 12.4 Å². The van der Waals surface area contributed by atoms with Crippen LogP contribution >= 0.6 is 0 Å². The van der Waals surface area contributed by atoms with Gasteiger partial charge in [-0.15, -0.1) is 18.3 Å². The molecule has 186 valence electrons. The van der Waals surface area contributed by atoms with Gasteiger partial charge >= 0.3 is 6.36 Å². The first-order valence-electron chi connectivity index (χ1n) is 10.6. The molecule has 2 aromatic heterocycles. The van der Waals surface area contributed by atoms with Gasteiger partial charge in [-0.1, -0.05) is 17.3 Å². The number of amides is 2. The van der Waals surface area contributed by atoms with E-state index in [2.05, 4.69) is 25.7 Å². The number of ether oxygens (including phenoxy) is 1. The molecule has 0 spiro atoms. The maximum absolute atomic E-state index is 12.4. The maximum atomic E-state index is 12.4. The van der Waals surface area contributed by atoms with E-state index in [1.54, 1.807) is 23.1 Å². The molecule has 13 heteroatoms. The molecule has 0 saturated carbocycles. The molecule has 2 N–H and O–H groups in total. The summed E-state index contributed by atoms with van der Waals surface area (Å²) in [4.78, 5) is 36.1. The smallest absolute Gasteiger partial charge is 0.406 e. The van der Waals surface area contributed by atoms with Crippen molar-refractivity contribution in [2.24, 2.45) is 0 Å². The highest BCUT2D eigenvalue weighted by molar-refractivity contribution is 5.92. The van der Waals surface area contributed by atoms with Crippen LogP contribution in [0.15, 0.2) is 53.6 Å². The van der Waals surface area contributed by atoms with Gasteiger partial charge in [0.25, 0.3) is 11.5 Å². The summed E-state index contributed by atoms with van der Waals surface area (Å²) in [6.45, 7) is 0.970. The number of unbranched alkanes of at least 4 members (excludes halogenated alkanes) is 1. The average molecular weight is 492 g/mol. The lowest BCUT2D eigenvalue weighted by atomic mass is 10.1. The first-order chi connectivity index (χ1) is 16.6. The lowest BCUT2D eigenvalue weighted by molar-refractivity contribution is -0.274. The van der Waals surface area contributed by atoms with E-state index in [9.17, 15) is 27.6 Å². The van der Waals surface area contributed by atoms with Gasteiger partial charge in [-0.25, -0.2) is 0 Å². The van der Waals surface area contributed by atoms with Gasteiger partial charge in [-0.2, -0.15) is 0 Å². The molecule has 0 aliphatic carbocycles. The van der Waals surface area contributed by atoms with E-state index in [-0.39, 0.29) is 29.3 Å². The van der Waals surface area contributed by atoms with Crippen LogP contribution in [0.4, 0.5) is 18.9 Å². The van der Waals surface area contributed by atoms with E-state index < -0.39 is 18.0 Å². The lowest BCUT2D eigenvalue weighted by Crippen LogP contribution is -2.21. The largest absolute Gasteiger partial charge is 0.573 e. The summed E-state index contributed by atoms with van der Waals surface area (Å²) in [5.41, 5.74) is 0.519. The van der Waals surface area contributed by atoms with Crippen LogP contribution in [0.2, 0.25) is 0 Å². The van der Waals surface area contributed by atoms with Crippen molar-refractivity contribution in [3.05, 3.63) is 70.4 Å². The van der Waals surface area contributed by atoms with Gasteiger partial charge in [0, 0.05) is 38.1 Å². The molecule has 0 aliphatic rings. The van der Waals surface area contributed by atoms with E-state index in [0.29, 0.717) is 31.5 Å². The Hall–Kier alpha value is -4.16. The zero-order valence-corrected chi connectivity index (χ0v) is 18.7. The first-order valence-corrected chi connectivity index (χ1v) is 10.6. The van der Waals surface area contributed by atoms with Gasteiger partial charge in [0.2, 0.25) is 5.91 Å². The van der Waals surface area contributed by atoms with Crippen LogP contribution in [0.3, 0.4) is 0 Å². The number of pyridine rings is 1. The summed E-state index contributed by atoms with van der Waals surface area (Å²) in [6.07, 6.45) is -0.563. The number of rotatable bonds is 10. The molecule has 3 rings (SSSR count). The minimum atomic E-state index is -4.82. The van der Waals surface area contributed by atoms with E-state index in [1.165, 1.54) is 29.8 Å². The van der Waals surface area contributed by atoms with E-state index in [4.69, 9.17) is 0 Å². The lowest BCUT2D eigenvalue weighted by Gasteiger charge is -2.11. The number of hydrogen-bond acceptors (Lipinski definition) is 6. The van der Waals surface area contributed by atoms with Gasteiger partial charge in [-0.3, -0.25) is 19.1 Å². The third kappa shape index (κ3) is 7.98. The predicted molar refractivity (Wildman–Crippen MR) is 119 cm³/mol. The minimum Gasteiger partial charge on any atom is -0.406 e. The molecule has 35 heavy (non-hydrogen) atoms. The van der Waals surface area contributed by atoms with Crippen molar-refractivity contribution in [1.29, 1.82) is 0 Å². The monoisotopic (exact) mass is 492 g/mol. The van der Waals surface area contributed by atoms with Crippen molar-refractivity contribution >= 4 is 17.5 Å². The zero-order valence-electron chi connectivity index (χ0n) is 18.7. The van der Waals surface area contributed by atoms with Gasteiger partial charge in [0.15, 0.2) is 5.69 Å². The van der Waals surface area contributed by atoms with Crippen LogP contribution in [-0.2, 0) is 24.3 Å². The first kappa shape index (κ1) is 25.5. The summed E-state index contributed by atoms with van der Waals surface area (Å²) >= 11 is 0. The highest BCUT2D eigenvalue weighted by Gasteiger charge is 2.31. The molecule has 10 nitrogen and oxygen atoms in total. The fourth-order valence-corrected chi connectivity index (χ4v) is 3.21. The molecule has 2 heterocycles. The predicted octanol–water partition coefficient (Wildman–Crippen LogP) is 2.36. The van der Waals surface area contributed by atoms with Crippen molar-refractivity contribution in [3.63, 3.8) is 0 Å². The summed E-state index contributed by atoms with van der Waals surface area (Å²) in [5.74, 6) is -1.23. The van der Waals surface area contributed by atoms with Crippen molar-refractivity contribution in [2.45, 2.75) is 38.7 Å². The molecule has 2 amide bonds. The van der Waals surface area contributed by atoms with Crippen molar-refractivity contribution < 1.29 is 27.5 Å². The Labute approximate surface area is 197 Å². The zero-order chi connectivity index (χ0) is 25.4. The van der Waals surface area contributed by atoms with Crippen LogP contribution in [-0.4, -0.2) is 44.8 Å². The summed E-state index contributed by atoms with van der Waals surface area (Å²) in [6, 6.07) is 7.96. The Kier molecular flexibility index (Phi) is 8.23. The third-order valence-electron chi connectivity index (χ3n) is 4.81. The Balaban J connectivity index is 1.48. The molecule has 0 aliphatic heterocycles. The minimum absolute atomic E-state index is 0.192. The molecular formula is C22H23F3N6O4. The highest BCUT2D eigenvalue weighted by Crippen LogP contribution is 2.23. The standard InChI is InChI=1S/C22H23F3N6O4/c1-26-21(34)18-14-31(29-28-18)9-3-2-8-30-10-7-16(13-20(30)33)27-19(32)12-15-5-4-6-17(11-15)35-22(23,24)25/h4-7,10-11,13-14H,2-3,8-9,12H2,1H3,(H,26,34)(H,27,32). The molecule has 3 aromatic rings. The average Bonchev–Trinajstić information content (AvgIpc) is 3.25. The highest BCUT2D eigenvalue weighted by atomic mass is 19.4. The third-order valence-corrected chi connectivity index (χ3v) is 4.81. The number of hydrogen-bond donors (Lipinski definition) is 2. The molecule has 0 radical (unpaired) electrons. The fourth-order valence-electron chi connectivity index (χ4n) is 3.21. The van der Waals surface area contributed by atoms with E-state index >= 15 is 0 Å². The van der Waals surface area contributed by atoms with Crippen LogP contribution in [0.1, 0.15) is 28.9 Å². The number of alkyl halides is 3. The fraction of sp³-hybridized carbons (Fsp3) is 0.318. The van der Waals surface area contributed by atoms with Gasteiger partial charge < -0.3 is 19.9 Å². The second kappa shape index (κ2) is 11.3. The number of carbonyl (C=O) groups excluding carboxylic acids is 2. The number of benzene rings is 1. The van der Waals surface area contributed by atoms with Crippen molar-refractivity contribution in [1.82, 2.24) is 24.9 Å². The number of anilines is 1. The molecule has 0 saturated heterocycles. The van der Waals surface area contributed by atoms with Gasteiger partial charge in [0.05, 0.1) is 12.6 Å². The number of aromatic nitrogens is 4. The quantitative estimate of drug-likeness (QED) is 0.420. The molecular weight excluding hydrogens is 469 g/mol. The summed E-state index contributed by atoms with van der Waals surface area (Å²) in [7, 11) is 1.51. The normalized spacial score (nSPS) is 11.2. The molecule has 0 bridgehead atoms. The Bertz CT molecular complexity index is 1240. The van der Waals surface area contributed by atoms with E-state index in [1.807, 2.05) is 0 Å². The number of nitrogens with zero attached hydrogens (tertiary/aromatic N) is 4. The molecule has 0 unspecified atom stereocenters. The van der Waals surface area contributed by atoms with Crippen LogP contribution in [0.5, 0.6) is 5.75 Å². The molecule has 0 atom stereocenters. The number of halogens is 3. The van der Waals surface area contributed by atoms with Crippen LogP contribution in [0, 0.1) is 0 Å². The van der Waals surface area contributed by atoms with Gasteiger partial charge in [-0.05, 0) is 36.6 Å². The van der Waals surface area contributed by atoms with E-state index in [0.717, 1.165) is 12.1 Å². The SMILES string of the molecule is CNC(=O)c1cn(CCCCn2ccc(NC(=O)Cc3cccc(OC(F)(F)F)c3)cc2=O)nn1. The van der Waals surface area contributed by atoms with Crippen LogP contribution < -0.4 is 20.9 Å². The Morgan fingerprint density at radius 1 is 1.11 bits per heavy atom. The topological polar surface area (TPSA) is 120 Å². The molecule has 0 fully saturated rings. The molecule has 1 aromatic carbocycles. The van der Waals surface area contributed by atoms with Crippen LogP contribution in [0.25, 0.3) is 0 Å². The van der Waals surface area contributed by atoms with Crippen molar-refractivity contribution in [3.8, 4) is 5.75 Å². The summed E-state index contributed by atoms with van der Waals surface area (Å²) in [5, 5.41) is 12.7. The second-order valence-corrected chi connectivity index (χ2v) is 7.52.